The minimum absolute atomic E-state index is 0.0841. The number of aldehydes is 1. The third kappa shape index (κ3) is 1.74. The van der Waals surface area contributed by atoms with Gasteiger partial charge in [-0.15, -0.1) is 11.6 Å². The largest absolute Gasteiger partial charge is 0.298 e. The van der Waals surface area contributed by atoms with E-state index in [-0.39, 0.29) is 4.83 Å². The lowest BCUT2D eigenvalue weighted by Crippen LogP contribution is -2.30. The lowest BCUT2D eigenvalue weighted by Gasteiger charge is -2.26. The molecular weight excluding hydrogens is 227 g/mol. The molecule has 0 radical (unpaired) electrons. The van der Waals surface area contributed by atoms with Gasteiger partial charge in [0.05, 0.1) is 9.70 Å². The van der Waals surface area contributed by atoms with E-state index in [1.807, 2.05) is 13.0 Å². The summed E-state index contributed by atoms with van der Waals surface area (Å²) in [4.78, 5) is 9.90. The van der Waals surface area contributed by atoms with Crippen molar-refractivity contribution in [2.24, 2.45) is 0 Å². The fourth-order valence-corrected chi connectivity index (χ4v) is 1.55. The lowest BCUT2D eigenvalue weighted by atomic mass is 9.96. The first-order chi connectivity index (χ1) is 5.08. The molecule has 1 aliphatic rings. The molecule has 2 unspecified atom stereocenters. The molecule has 2 atom stereocenters. The van der Waals surface area contributed by atoms with E-state index in [2.05, 4.69) is 15.9 Å². The van der Waals surface area contributed by atoms with Gasteiger partial charge < -0.3 is 0 Å². The number of hydrogen-bond donors (Lipinski definition) is 0. The van der Waals surface area contributed by atoms with Crippen LogP contribution in [0.1, 0.15) is 6.92 Å². The van der Waals surface area contributed by atoms with Gasteiger partial charge >= 0.3 is 0 Å². The maximum absolute atomic E-state index is 10.5. The Labute approximate surface area is 79.2 Å². The van der Waals surface area contributed by atoms with E-state index in [4.69, 9.17) is 11.6 Å². The summed E-state index contributed by atoms with van der Waals surface area (Å²) in [6.07, 6.45) is 6.25. The summed E-state index contributed by atoms with van der Waals surface area (Å²) in [6.45, 7) is 1.86. The summed E-state index contributed by atoms with van der Waals surface area (Å²) in [6, 6.07) is 0. The zero-order chi connectivity index (χ0) is 8.48. The highest BCUT2D eigenvalue weighted by Crippen LogP contribution is 2.34. The number of carbonyl (C=O) groups excluding carboxylic acids is 1. The number of rotatable bonds is 1. The number of carbonyl (C=O) groups is 1. The highest BCUT2D eigenvalue weighted by atomic mass is 79.9. The van der Waals surface area contributed by atoms with E-state index in [0.717, 1.165) is 6.29 Å². The predicted molar refractivity (Wildman–Crippen MR) is 50.3 cm³/mol. The molecule has 0 amide bonds. The van der Waals surface area contributed by atoms with Gasteiger partial charge in [0.15, 0.2) is 0 Å². The molecule has 0 aromatic carbocycles. The van der Waals surface area contributed by atoms with Crippen LogP contribution in [-0.2, 0) is 4.79 Å². The Morgan fingerprint density at radius 2 is 2.45 bits per heavy atom. The quantitative estimate of drug-likeness (QED) is 0.504. The molecule has 0 aliphatic heterocycles. The van der Waals surface area contributed by atoms with Crippen LogP contribution in [0.3, 0.4) is 0 Å². The molecule has 0 saturated carbocycles. The number of allylic oxidation sites excluding steroid dienone is 4. The van der Waals surface area contributed by atoms with Crippen LogP contribution in [0, 0.1) is 0 Å². The standard InChI is InChI=1S/C8H8BrClO/c1-8(10)4-2-3-6(5-11)7(8)9/h2-5,7H,1H3. The Kier molecular flexibility index (Phi) is 2.55. The first kappa shape index (κ1) is 9.01. The highest BCUT2D eigenvalue weighted by Gasteiger charge is 2.31. The van der Waals surface area contributed by atoms with E-state index in [0.29, 0.717) is 5.57 Å². The molecule has 1 nitrogen and oxygen atoms in total. The lowest BCUT2D eigenvalue weighted by molar-refractivity contribution is -0.105. The Bertz CT molecular complexity index is 230. The first-order valence-corrected chi connectivity index (χ1v) is 4.55. The van der Waals surface area contributed by atoms with Crippen LogP contribution in [0.2, 0.25) is 0 Å². The topological polar surface area (TPSA) is 17.1 Å². The zero-order valence-electron chi connectivity index (χ0n) is 6.05. The Morgan fingerprint density at radius 3 is 2.91 bits per heavy atom. The smallest absolute Gasteiger partial charge is 0.147 e. The fourth-order valence-electron chi connectivity index (χ4n) is 0.941. The molecule has 0 N–H and O–H groups in total. The zero-order valence-corrected chi connectivity index (χ0v) is 8.39. The van der Waals surface area contributed by atoms with Crippen molar-refractivity contribution in [3.8, 4) is 0 Å². The average Bonchev–Trinajstić information content (AvgIpc) is 1.95. The van der Waals surface area contributed by atoms with E-state index < -0.39 is 4.87 Å². The molecule has 1 rings (SSSR count). The maximum atomic E-state index is 10.5. The summed E-state index contributed by atoms with van der Waals surface area (Å²) in [5.41, 5.74) is 0.685. The molecule has 0 fully saturated rings. The Hall–Kier alpha value is -0.0800. The first-order valence-electron chi connectivity index (χ1n) is 3.25. The SMILES string of the molecule is CC1(Cl)C=CC=C(C=O)C1Br. The van der Waals surface area contributed by atoms with Crippen molar-refractivity contribution in [3.05, 3.63) is 23.8 Å². The van der Waals surface area contributed by atoms with E-state index in [1.165, 1.54) is 0 Å². The monoisotopic (exact) mass is 234 g/mol. The molecule has 11 heavy (non-hydrogen) atoms. The molecule has 0 saturated heterocycles. The summed E-state index contributed by atoms with van der Waals surface area (Å²) in [5, 5.41) is 0. The van der Waals surface area contributed by atoms with Crippen molar-refractivity contribution in [1.29, 1.82) is 0 Å². The van der Waals surface area contributed by atoms with Gasteiger partial charge in [0, 0.05) is 5.57 Å². The third-order valence-electron chi connectivity index (χ3n) is 1.64. The minimum Gasteiger partial charge on any atom is -0.298 e. The summed E-state index contributed by atoms with van der Waals surface area (Å²) in [5.74, 6) is 0. The summed E-state index contributed by atoms with van der Waals surface area (Å²) >= 11 is 9.42. The molecule has 0 heterocycles. The van der Waals surface area contributed by atoms with Crippen molar-refractivity contribution in [2.75, 3.05) is 0 Å². The summed E-state index contributed by atoms with van der Waals surface area (Å²) in [7, 11) is 0. The van der Waals surface area contributed by atoms with Gasteiger partial charge in [-0.05, 0) is 6.92 Å². The van der Waals surface area contributed by atoms with Crippen molar-refractivity contribution in [3.63, 3.8) is 0 Å². The van der Waals surface area contributed by atoms with Gasteiger partial charge in [0.25, 0.3) is 0 Å². The second-order valence-electron chi connectivity index (χ2n) is 2.66. The maximum Gasteiger partial charge on any atom is 0.147 e. The van der Waals surface area contributed by atoms with E-state index >= 15 is 0 Å². The van der Waals surface area contributed by atoms with Crippen molar-refractivity contribution < 1.29 is 4.79 Å². The molecule has 0 aromatic heterocycles. The predicted octanol–water partition coefficient (Wildman–Crippen LogP) is 2.44. The van der Waals surface area contributed by atoms with Crippen LogP contribution < -0.4 is 0 Å². The molecule has 1 aliphatic carbocycles. The van der Waals surface area contributed by atoms with Crippen LogP contribution in [0.15, 0.2) is 23.8 Å². The van der Waals surface area contributed by atoms with Crippen LogP contribution in [0.5, 0.6) is 0 Å². The minimum atomic E-state index is -0.481. The Morgan fingerprint density at radius 1 is 1.82 bits per heavy atom. The van der Waals surface area contributed by atoms with Gasteiger partial charge in [-0.2, -0.15) is 0 Å². The van der Waals surface area contributed by atoms with E-state index in [1.54, 1.807) is 12.2 Å². The number of alkyl halides is 2. The molecule has 60 valence electrons. The fraction of sp³-hybridized carbons (Fsp3) is 0.375. The van der Waals surface area contributed by atoms with Gasteiger partial charge in [0.1, 0.15) is 6.29 Å². The molecule has 0 bridgehead atoms. The van der Waals surface area contributed by atoms with Crippen molar-refractivity contribution in [1.82, 2.24) is 0 Å². The van der Waals surface area contributed by atoms with Gasteiger partial charge in [0.2, 0.25) is 0 Å². The molecule has 3 heteroatoms. The van der Waals surface area contributed by atoms with Gasteiger partial charge in [-0.25, -0.2) is 0 Å². The average molecular weight is 236 g/mol. The normalized spacial score (nSPS) is 36.6. The number of halogens is 2. The molecule has 0 spiro atoms. The van der Waals surface area contributed by atoms with Crippen LogP contribution in [0.25, 0.3) is 0 Å². The molecule has 0 aromatic rings. The van der Waals surface area contributed by atoms with Crippen molar-refractivity contribution >= 4 is 33.8 Å². The Balaban J connectivity index is 2.94. The molecular formula is C8H8BrClO. The van der Waals surface area contributed by atoms with Crippen LogP contribution in [-0.4, -0.2) is 16.0 Å². The van der Waals surface area contributed by atoms with Crippen LogP contribution in [0.4, 0.5) is 0 Å². The summed E-state index contributed by atoms with van der Waals surface area (Å²) < 4.78 is 0. The number of hydrogen-bond acceptors (Lipinski definition) is 1. The van der Waals surface area contributed by atoms with Crippen LogP contribution >= 0.6 is 27.5 Å². The highest BCUT2D eigenvalue weighted by molar-refractivity contribution is 9.09. The third-order valence-corrected chi connectivity index (χ3v) is 3.72. The van der Waals surface area contributed by atoms with Gasteiger partial charge in [-0.3, -0.25) is 4.79 Å². The second-order valence-corrected chi connectivity index (χ2v) is 4.39. The second kappa shape index (κ2) is 3.11. The van der Waals surface area contributed by atoms with Crippen molar-refractivity contribution in [2.45, 2.75) is 16.6 Å². The van der Waals surface area contributed by atoms with Gasteiger partial charge in [-0.1, -0.05) is 34.2 Å². The van der Waals surface area contributed by atoms with E-state index in [9.17, 15) is 4.79 Å².